The molecular formula is C26H37FN6O4. The molecule has 0 aliphatic carbocycles. The van der Waals surface area contributed by atoms with Crippen molar-refractivity contribution in [3.05, 3.63) is 57.8 Å². The lowest BCUT2D eigenvalue weighted by molar-refractivity contribution is -0.387. The number of aryl methyl sites for hydroxylation is 1. The summed E-state index contributed by atoms with van der Waals surface area (Å²) in [7, 11) is 0. The van der Waals surface area contributed by atoms with Crippen LogP contribution >= 0.6 is 0 Å². The second kappa shape index (κ2) is 12.1. The molecule has 37 heavy (non-hydrogen) atoms. The molecular weight excluding hydrogens is 479 g/mol. The third-order valence-electron chi connectivity index (χ3n) is 6.72. The van der Waals surface area contributed by atoms with Crippen LogP contribution in [0.4, 0.5) is 10.1 Å². The van der Waals surface area contributed by atoms with Crippen molar-refractivity contribution in [2.45, 2.75) is 64.9 Å². The van der Waals surface area contributed by atoms with E-state index in [1.165, 1.54) is 17.7 Å². The number of hydrogen-bond acceptors (Lipinski definition) is 7. The van der Waals surface area contributed by atoms with E-state index in [-0.39, 0.29) is 19.1 Å². The third kappa shape index (κ3) is 6.92. The SMILES string of the molecule is CC1CN(Cc2cnn(CCCOCC(O)Cn3c(C(C)C)cc4cc([N+](=O)[O-])c(F)cc43)c2)CCN1. The van der Waals surface area contributed by atoms with E-state index in [0.29, 0.717) is 23.6 Å². The van der Waals surface area contributed by atoms with Gasteiger partial charge in [-0.1, -0.05) is 13.8 Å². The predicted octanol–water partition coefficient (Wildman–Crippen LogP) is 3.27. The highest BCUT2D eigenvalue weighted by atomic mass is 19.1. The first-order valence-electron chi connectivity index (χ1n) is 12.9. The van der Waals surface area contributed by atoms with E-state index in [4.69, 9.17) is 4.74 Å². The molecule has 0 radical (unpaired) electrons. The van der Waals surface area contributed by atoms with Crippen LogP contribution in [0.1, 0.15) is 44.4 Å². The first-order chi connectivity index (χ1) is 17.7. The van der Waals surface area contributed by atoms with E-state index < -0.39 is 22.5 Å². The molecule has 2 N–H and O–H groups in total. The summed E-state index contributed by atoms with van der Waals surface area (Å²) in [5.41, 5.74) is 2.05. The number of hydrogen-bond donors (Lipinski definition) is 2. The lowest BCUT2D eigenvalue weighted by Crippen LogP contribution is -2.48. The smallest absolute Gasteiger partial charge is 0.305 e. The molecule has 1 aliphatic heterocycles. The minimum Gasteiger partial charge on any atom is -0.389 e. The number of fused-ring (bicyclic) bond motifs is 1. The predicted molar refractivity (Wildman–Crippen MR) is 139 cm³/mol. The van der Waals surface area contributed by atoms with Crippen LogP contribution in [0.3, 0.4) is 0 Å². The van der Waals surface area contributed by atoms with E-state index in [9.17, 15) is 19.6 Å². The zero-order chi connectivity index (χ0) is 26.5. The number of aromatic nitrogens is 3. The third-order valence-corrected chi connectivity index (χ3v) is 6.72. The van der Waals surface area contributed by atoms with Crippen molar-refractivity contribution in [3.8, 4) is 0 Å². The zero-order valence-corrected chi connectivity index (χ0v) is 21.8. The first kappa shape index (κ1) is 27.2. The van der Waals surface area contributed by atoms with Gasteiger partial charge in [-0.05, 0) is 25.3 Å². The molecule has 2 atom stereocenters. The molecule has 202 valence electrons. The molecule has 0 bridgehead atoms. The summed E-state index contributed by atoms with van der Waals surface area (Å²) in [6.07, 6.45) is 3.96. The number of benzene rings is 1. The summed E-state index contributed by atoms with van der Waals surface area (Å²) in [5, 5.41) is 30.2. The molecule has 1 fully saturated rings. The molecule has 4 rings (SSSR count). The summed E-state index contributed by atoms with van der Waals surface area (Å²) in [4.78, 5) is 12.8. The first-order valence-corrected chi connectivity index (χ1v) is 12.9. The van der Waals surface area contributed by atoms with Gasteiger partial charge in [0.1, 0.15) is 0 Å². The van der Waals surface area contributed by atoms with Crippen LogP contribution in [0.5, 0.6) is 0 Å². The van der Waals surface area contributed by atoms with Crippen LogP contribution in [0.25, 0.3) is 10.9 Å². The molecule has 1 aromatic carbocycles. The van der Waals surface area contributed by atoms with Gasteiger partial charge in [0.15, 0.2) is 0 Å². The molecule has 1 aliphatic rings. The highest BCUT2D eigenvalue weighted by Gasteiger charge is 2.21. The summed E-state index contributed by atoms with van der Waals surface area (Å²) >= 11 is 0. The number of nitro groups is 1. The van der Waals surface area contributed by atoms with Gasteiger partial charge in [-0.3, -0.25) is 19.7 Å². The van der Waals surface area contributed by atoms with Crippen LogP contribution in [0, 0.1) is 15.9 Å². The van der Waals surface area contributed by atoms with E-state index in [1.807, 2.05) is 35.4 Å². The number of aliphatic hydroxyl groups is 1. The summed E-state index contributed by atoms with van der Waals surface area (Å²) in [6, 6.07) is 4.75. The summed E-state index contributed by atoms with van der Waals surface area (Å²) in [5.74, 6) is -0.793. The molecule has 3 heterocycles. The number of nitro benzene ring substituents is 1. The van der Waals surface area contributed by atoms with Gasteiger partial charge in [-0.25, -0.2) is 0 Å². The van der Waals surface area contributed by atoms with E-state index in [0.717, 1.165) is 44.8 Å². The Morgan fingerprint density at radius 1 is 1.35 bits per heavy atom. The van der Waals surface area contributed by atoms with Gasteiger partial charge >= 0.3 is 5.69 Å². The highest BCUT2D eigenvalue weighted by Crippen LogP contribution is 2.30. The van der Waals surface area contributed by atoms with Crippen LogP contribution in [0.2, 0.25) is 0 Å². The Bertz CT molecular complexity index is 1210. The maximum Gasteiger partial charge on any atom is 0.305 e. The molecule has 2 aromatic heterocycles. The van der Waals surface area contributed by atoms with Gasteiger partial charge in [0.25, 0.3) is 0 Å². The standard InChI is InChI=1S/C26H37FN6O4/c1-18(2)24-9-21-10-26(33(35)36)23(27)11-25(21)32(24)16-22(34)17-37-8-4-6-31-15-20(12-29-31)14-30-7-5-28-19(3)13-30/h9-12,15,18-19,22,28,34H,4-8,13-14,16-17H2,1-3H3. The van der Waals surface area contributed by atoms with Crippen LogP contribution in [-0.2, 0) is 24.4 Å². The van der Waals surface area contributed by atoms with Crippen molar-refractivity contribution in [1.82, 2.24) is 24.6 Å². The van der Waals surface area contributed by atoms with E-state index in [2.05, 4.69) is 28.4 Å². The number of ether oxygens (including phenoxy) is 1. The number of piperazine rings is 1. The molecule has 3 aromatic rings. The van der Waals surface area contributed by atoms with Crippen molar-refractivity contribution in [3.63, 3.8) is 0 Å². The lowest BCUT2D eigenvalue weighted by Gasteiger charge is -2.31. The zero-order valence-electron chi connectivity index (χ0n) is 21.8. The van der Waals surface area contributed by atoms with E-state index >= 15 is 0 Å². The maximum atomic E-state index is 14.3. The molecule has 0 spiro atoms. The average Bonchev–Trinajstić information content (AvgIpc) is 3.42. The number of rotatable bonds is 12. The summed E-state index contributed by atoms with van der Waals surface area (Å²) < 4.78 is 23.8. The fourth-order valence-electron chi connectivity index (χ4n) is 4.95. The molecule has 0 amide bonds. The Morgan fingerprint density at radius 3 is 2.89 bits per heavy atom. The van der Waals surface area contributed by atoms with Crippen LogP contribution in [-0.4, -0.2) is 74.3 Å². The van der Waals surface area contributed by atoms with Gasteiger partial charge in [-0.2, -0.15) is 9.49 Å². The van der Waals surface area contributed by atoms with Crippen LogP contribution in [0.15, 0.2) is 30.6 Å². The number of halogens is 1. The second-order valence-corrected chi connectivity index (χ2v) is 10.2. The maximum absolute atomic E-state index is 14.3. The van der Waals surface area contributed by atoms with Gasteiger partial charge in [-0.15, -0.1) is 0 Å². The van der Waals surface area contributed by atoms with E-state index in [1.54, 1.807) is 0 Å². The average molecular weight is 517 g/mol. The van der Waals surface area contributed by atoms with Crippen molar-refractivity contribution in [2.24, 2.45) is 0 Å². The minimum absolute atomic E-state index is 0.0941. The normalized spacial score (nSPS) is 17.6. The molecule has 0 saturated carbocycles. The Balaban J connectivity index is 1.25. The number of aliphatic hydroxyl groups excluding tert-OH is 1. The Hall–Kier alpha value is -2.86. The fourth-order valence-corrected chi connectivity index (χ4v) is 4.95. The quantitative estimate of drug-likeness (QED) is 0.216. The Labute approximate surface area is 216 Å². The second-order valence-electron chi connectivity index (χ2n) is 10.2. The van der Waals surface area contributed by atoms with Gasteiger partial charge < -0.3 is 19.7 Å². The Morgan fingerprint density at radius 2 is 2.16 bits per heavy atom. The van der Waals surface area contributed by atoms with Crippen molar-refractivity contribution in [2.75, 3.05) is 32.8 Å². The number of nitrogens with zero attached hydrogens (tertiary/aromatic N) is 5. The molecule has 11 heteroatoms. The van der Waals surface area contributed by atoms with Crippen molar-refractivity contribution in [1.29, 1.82) is 0 Å². The topological polar surface area (TPSA) is 111 Å². The largest absolute Gasteiger partial charge is 0.389 e. The summed E-state index contributed by atoms with van der Waals surface area (Å²) in [6.45, 7) is 11.7. The number of nitrogens with one attached hydrogen (secondary N) is 1. The molecule has 1 saturated heterocycles. The van der Waals surface area contributed by atoms with Crippen molar-refractivity contribution >= 4 is 16.6 Å². The Kier molecular flexibility index (Phi) is 8.91. The van der Waals surface area contributed by atoms with Crippen molar-refractivity contribution < 1.29 is 19.2 Å². The van der Waals surface area contributed by atoms with Gasteiger partial charge in [0, 0.05) is 80.3 Å². The fraction of sp³-hybridized carbons (Fsp3) is 0.577. The molecule has 10 nitrogen and oxygen atoms in total. The lowest BCUT2D eigenvalue weighted by atomic mass is 10.1. The van der Waals surface area contributed by atoms with Gasteiger partial charge in [0.2, 0.25) is 5.82 Å². The van der Waals surface area contributed by atoms with Crippen LogP contribution < -0.4 is 5.32 Å². The monoisotopic (exact) mass is 516 g/mol. The highest BCUT2D eigenvalue weighted by molar-refractivity contribution is 5.84. The molecule has 2 unspecified atom stereocenters. The van der Waals surface area contributed by atoms with Gasteiger partial charge in [0.05, 0.1) is 35.9 Å². The minimum atomic E-state index is -0.887.